The first-order valence-electron chi connectivity index (χ1n) is 6.89. The summed E-state index contributed by atoms with van der Waals surface area (Å²) in [7, 11) is 0. The van der Waals surface area contributed by atoms with Gasteiger partial charge in [0.15, 0.2) is 5.78 Å². The van der Waals surface area contributed by atoms with Crippen LogP contribution in [0.3, 0.4) is 0 Å². The number of carbonyl (C=O) groups excluding carboxylic acids is 1. The van der Waals surface area contributed by atoms with Crippen molar-refractivity contribution in [2.45, 2.75) is 33.6 Å². The minimum atomic E-state index is -2.35. The lowest BCUT2D eigenvalue weighted by atomic mass is 9.55. The van der Waals surface area contributed by atoms with Gasteiger partial charge in [0, 0.05) is 17.4 Å². The van der Waals surface area contributed by atoms with Crippen molar-refractivity contribution in [2.24, 2.45) is 16.7 Å². The topological polar surface area (TPSA) is 44.1 Å². The molecule has 1 fully saturated rings. The first-order chi connectivity index (χ1) is 9.20. The summed E-state index contributed by atoms with van der Waals surface area (Å²) in [6, 6.07) is 1.97. The van der Waals surface area contributed by atoms with Crippen molar-refractivity contribution in [1.29, 1.82) is 5.26 Å². The summed E-state index contributed by atoms with van der Waals surface area (Å²) < 4.78 is 25.1. The Hall–Kier alpha value is -1.28. The fourth-order valence-corrected chi connectivity index (χ4v) is 3.98. The van der Waals surface area contributed by atoms with Gasteiger partial charge in [-0.25, -0.2) is 8.78 Å². The van der Waals surface area contributed by atoms with Gasteiger partial charge in [-0.1, -0.05) is 26.8 Å². The Bertz CT molecular complexity index is 493. The number of alkyl halides is 2. The van der Waals surface area contributed by atoms with E-state index >= 15 is 0 Å². The second kappa shape index (κ2) is 4.92. The quantitative estimate of drug-likeness (QED) is 0.782. The second-order valence-corrected chi connectivity index (χ2v) is 6.69. The number of halogens is 2. The number of carbonyl (C=O) groups is 1. The average Bonchev–Trinajstić information content (AvgIpc) is 2.32. The van der Waals surface area contributed by atoms with E-state index in [1.807, 2.05) is 26.8 Å². The molecule has 1 saturated heterocycles. The fourth-order valence-electron chi connectivity index (χ4n) is 3.98. The van der Waals surface area contributed by atoms with E-state index in [9.17, 15) is 13.6 Å². The number of Topliss-reactive ketones (excluding diaryl/α,β-unsaturated/α-hetero) is 1. The molecule has 0 aromatic heterocycles. The van der Waals surface area contributed by atoms with Gasteiger partial charge in [-0.2, -0.15) is 5.26 Å². The molecule has 2 aliphatic rings. The zero-order chi connectivity index (χ0) is 15.1. The van der Waals surface area contributed by atoms with Crippen LogP contribution in [0.15, 0.2) is 11.6 Å². The van der Waals surface area contributed by atoms with E-state index in [0.29, 0.717) is 19.5 Å². The predicted molar refractivity (Wildman–Crippen MR) is 71.1 cm³/mol. The summed E-state index contributed by atoms with van der Waals surface area (Å²) >= 11 is 0. The standard InChI is InChI=1S/C15H20F2N2O/c1-14(2)11-4-5-19(8-12(16)17)9-15(11,3)6-10(7-18)13(14)20/h6,11-12H,4-5,8-9H2,1-3H3/t11-,15+/m0/s1. The van der Waals surface area contributed by atoms with Crippen molar-refractivity contribution in [3.63, 3.8) is 0 Å². The van der Waals surface area contributed by atoms with Gasteiger partial charge in [-0.05, 0) is 18.9 Å². The molecule has 0 aromatic rings. The molecule has 2 rings (SSSR count). The van der Waals surface area contributed by atoms with E-state index in [4.69, 9.17) is 5.26 Å². The van der Waals surface area contributed by atoms with Gasteiger partial charge in [0.25, 0.3) is 6.43 Å². The van der Waals surface area contributed by atoms with Crippen LogP contribution in [0.5, 0.6) is 0 Å². The maximum atomic E-state index is 12.6. The molecule has 0 amide bonds. The molecule has 5 heteroatoms. The van der Waals surface area contributed by atoms with Gasteiger partial charge in [0.2, 0.25) is 0 Å². The molecule has 0 unspecified atom stereocenters. The number of ketones is 1. The highest BCUT2D eigenvalue weighted by Crippen LogP contribution is 2.51. The molecule has 1 heterocycles. The van der Waals surface area contributed by atoms with Gasteiger partial charge in [-0.3, -0.25) is 9.69 Å². The summed E-state index contributed by atoms with van der Waals surface area (Å²) in [5, 5.41) is 9.14. The maximum absolute atomic E-state index is 12.6. The van der Waals surface area contributed by atoms with Crippen LogP contribution in [0.1, 0.15) is 27.2 Å². The molecule has 0 aromatic carbocycles. The number of likely N-dealkylation sites (tertiary alicyclic amines) is 1. The Balaban J connectivity index is 2.35. The minimum Gasteiger partial charge on any atom is -0.297 e. The number of fused-ring (bicyclic) bond motifs is 1. The third kappa shape index (κ3) is 2.37. The first-order valence-corrected chi connectivity index (χ1v) is 6.89. The van der Waals surface area contributed by atoms with Crippen LogP contribution in [0.25, 0.3) is 0 Å². The summed E-state index contributed by atoms with van der Waals surface area (Å²) in [4.78, 5) is 14.0. The fraction of sp³-hybridized carbons (Fsp3) is 0.733. The van der Waals surface area contributed by atoms with Gasteiger partial charge in [0.1, 0.15) is 6.07 Å². The van der Waals surface area contributed by atoms with E-state index in [2.05, 4.69) is 0 Å². The highest BCUT2D eigenvalue weighted by atomic mass is 19.3. The molecule has 0 N–H and O–H groups in total. The highest BCUT2D eigenvalue weighted by Gasteiger charge is 2.53. The Kier molecular flexibility index (Phi) is 3.72. The van der Waals surface area contributed by atoms with Crippen LogP contribution in [-0.4, -0.2) is 36.7 Å². The summed E-state index contributed by atoms with van der Waals surface area (Å²) in [5.74, 6) is -0.0293. The number of allylic oxidation sites excluding steroid dienone is 1. The van der Waals surface area contributed by atoms with Crippen molar-refractivity contribution in [1.82, 2.24) is 4.90 Å². The van der Waals surface area contributed by atoms with Crippen LogP contribution in [-0.2, 0) is 4.79 Å². The van der Waals surface area contributed by atoms with Gasteiger partial charge < -0.3 is 0 Å². The third-order valence-corrected chi connectivity index (χ3v) is 4.79. The Labute approximate surface area is 118 Å². The number of hydrogen-bond donors (Lipinski definition) is 0. The predicted octanol–water partition coefficient (Wildman–Crippen LogP) is 2.64. The van der Waals surface area contributed by atoms with Crippen molar-refractivity contribution < 1.29 is 13.6 Å². The van der Waals surface area contributed by atoms with Crippen LogP contribution in [0.2, 0.25) is 0 Å². The molecule has 2 atom stereocenters. The lowest BCUT2D eigenvalue weighted by molar-refractivity contribution is -0.132. The highest BCUT2D eigenvalue weighted by molar-refractivity contribution is 6.04. The monoisotopic (exact) mass is 282 g/mol. The van der Waals surface area contributed by atoms with Gasteiger partial charge in [-0.15, -0.1) is 0 Å². The molecule has 0 saturated carbocycles. The van der Waals surface area contributed by atoms with Crippen molar-refractivity contribution in [2.75, 3.05) is 19.6 Å². The Morgan fingerprint density at radius 3 is 2.70 bits per heavy atom. The number of nitrogens with zero attached hydrogens (tertiary/aromatic N) is 2. The average molecular weight is 282 g/mol. The molecule has 3 nitrogen and oxygen atoms in total. The molecule has 0 spiro atoms. The van der Waals surface area contributed by atoms with E-state index in [1.54, 1.807) is 11.0 Å². The van der Waals surface area contributed by atoms with Crippen molar-refractivity contribution >= 4 is 5.78 Å². The summed E-state index contributed by atoms with van der Waals surface area (Å²) in [5.41, 5.74) is -0.825. The molecule has 1 aliphatic heterocycles. The van der Waals surface area contributed by atoms with Gasteiger partial charge >= 0.3 is 0 Å². The Morgan fingerprint density at radius 2 is 2.15 bits per heavy atom. The summed E-state index contributed by atoms with van der Waals surface area (Å²) in [6.07, 6.45) is 0.0628. The summed E-state index contributed by atoms with van der Waals surface area (Å²) in [6.45, 7) is 6.52. The zero-order valence-electron chi connectivity index (χ0n) is 12.1. The number of piperidine rings is 1. The molecule has 0 radical (unpaired) electrons. The molecular formula is C15H20F2N2O. The lowest BCUT2D eigenvalue weighted by Gasteiger charge is -2.53. The second-order valence-electron chi connectivity index (χ2n) is 6.69. The molecule has 0 bridgehead atoms. The van der Waals surface area contributed by atoms with E-state index in [1.165, 1.54) is 0 Å². The number of nitriles is 1. The number of rotatable bonds is 2. The molecule has 20 heavy (non-hydrogen) atoms. The van der Waals surface area contributed by atoms with Crippen LogP contribution < -0.4 is 0 Å². The van der Waals surface area contributed by atoms with Crippen molar-refractivity contribution in [3.05, 3.63) is 11.6 Å². The van der Waals surface area contributed by atoms with E-state index in [0.717, 1.165) is 0 Å². The largest absolute Gasteiger partial charge is 0.297 e. The molecular weight excluding hydrogens is 262 g/mol. The van der Waals surface area contributed by atoms with Crippen LogP contribution in [0, 0.1) is 28.1 Å². The zero-order valence-corrected chi connectivity index (χ0v) is 12.1. The van der Waals surface area contributed by atoms with Crippen LogP contribution in [0.4, 0.5) is 8.78 Å². The maximum Gasteiger partial charge on any atom is 0.251 e. The SMILES string of the molecule is CC1(C)C(=O)C(C#N)=C[C@]2(C)CN(CC(F)F)CC[C@@H]12. The van der Waals surface area contributed by atoms with Gasteiger partial charge in [0.05, 0.1) is 12.1 Å². The van der Waals surface area contributed by atoms with Crippen LogP contribution >= 0.6 is 0 Å². The minimum absolute atomic E-state index is 0.0912. The lowest BCUT2D eigenvalue weighted by Crippen LogP contribution is -2.56. The number of hydrogen-bond acceptors (Lipinski definition) is 3. The third-order valence-electron chi connectivity index (χ3n) is 4.79. The molecule has 110 valence electrons. The first kappa shape index (κ1) is 15.1. The normalized spacial score (nSPS) is 33.5. The van der Waals surface area contributed by atoms with Crippen molar-refractivity contribution in [3.8, 4) is 6.07 Å². The van der Waals surface area contributed by atoms with E-state index < -0.39 is 17.3 Å². The smallest absolute Gasteiger partial charge is 0.251 e. The molecule has 1 aliphatic carbocycles. The van der Waals surface area contributed by atoms with E-state index in [-0.39, 0.29) is 23.8 Å². The Morgan fingerprint density at radius 1 is 1.50 bits per heavy atom.